The van der Waals surface area contributed by atoms with E-state index in [0.29, 0.717) is 44.1 Å². The van der Waals surface area contributed by atoms with Crippen molar-refractivity contribution in [3.05, 3.63) is 80.8 Å². The smallest absolute Gasteiger partial charge is 0.296 e. The first-order chi connectivity index (χ1) is 16.8. The second kappa shape index (κ2) is 8.86. The molecule has 7 nitrogen and oxygen atoms in total. The van der Waals surface area contributed by atoms with Crippen LogP contribution in [0.1, 0.15) is 38.9 Å². The number of ether oxygens (including phenoxy) is 1. The van der Waals surface area contributed by atoms with Gasteiger partial charge in [0.05, 0.1) is 44.0 Å². The number of benzene rings is 2. The number of ketones is 1. The fourth-order valence-corrected chi connectivity index (χ4v) is 6.01. The molecule has 5 rings (SSSR count). The molecule has 0 bridgehead atoms. The summed E-state index contributed by atoms with van der Waals surface area (Å²) in [4.78, 5) is 37.5. The lowest BCUT2D eigenvalue weighted by atomic mass is 9.95. The van der Waals surface area contributed by atoms with E-state index in [1.165, 1.54) is 51.8 Å². The third-order valence-corrected chi connectivity index (χ3v) is 7.70. The number of hydrogen-bond donors (Lipinski definition) is 1. The molecule has 0 saturated heterocycles. The van der Waals surface area contributed by atoms with Crippen molar-refractivity contribution < 1.29 is 23.8 Å². The van der Waals surface area contributed by atoms with E-state index in [1.54, 1.807) is 26.0 Å². The maximum atomic E-state index is 13.7. The fraction of sp³-hybridized carbons (Fsp3) is 0.200. The first-order valence-corrected chi connectivity index (χ1v) is 12.5. The van der Waals surface area contributed by atoms with Crippen molar-refractivity contribution in [3.8, 4) is 5.75 Å². The van der Waals surface area contributed by atoms with Gasteiger partial charge in [0.2, 0.25) is 5.78 Å². The van der Waals surface area contributed by atoms with E-state index in [9.17, 15) is 19.1 Å². The molecule has 10 heteroatoms. The summed E-state index contributed by atoms with van der Waals surface area (Å²) in [7, 11) is 0. The Morgan fingerprint density at radius 1 is 1.14 bits per heavy atom. The molecule has 1 amide bonds. The Balaban J connectivity index is 1.65. The zero-order valence-corrected chi connectivity index (χ0v) is 20.7. The number of halogens is 1. The minimum absolute atomic E-state index is 0.0809. The van der Waals surface area contributed by atoms with Gasteiger partial charge in [-0.1, -0.05) is 23.5 Å². The highest BCUT2D eigenvalue weighted by atomic mass is 32.1. The molecule has 2 aromatic carbocycles. The lowest BCUT2D eigenvalue weighted by molar-refractivity contribution is -0.117. The SMILES string of the molecule is CCOc1ccc2nc(N3C(=O)C(O)=C(C(=O)c4sc(C)nc4C)C3c3ccc(F)cc3)sc2c1. The zero-order chi connectivity index (χ0) is 24.9. The van der Waals surface area contributed by atoms with Gasteiger partial charge in [0.25, 0.3) is 5.91 Å². The van der Waals surface area contributed by atoms with E-state index in [0.717, 1.165) is 4.70 Å². The second-order valence-electron chi connectivity index (χ2n) is 7.93. The van der Waals surface area contributed by atoms with Crippen molar-refractivity contribution in [1.29, 1.82) is 0 Å². The van der Waals surface area contributed by atoms with Gasteiger partial charge in [-0.3, -0.25) is 14.5 Å². The summed E-state index contributed by atoms with van der Waals surface area (Å²) in [6.07, 6.45) is 0. The number of hydrogen-bond acceptors (Lipinski definition) is 8. The molecular weight excluding hydrogens is 489 g/mol. The van der Waals surface area contributed by atoms with Crippen molar-refractivity contribution in [3.63, 3.8) is 0 Å². The Hall–Kier alpha value is -3.63. The Morgan fingerprint density at radius 3 is 2.54 bits per heavy atom. The first kappa shape index (κ1) is 23.1. The van der Waals surface area contributed by atoms with Crippen molar-refractivity contribution in [2.24, 2.45) is 0 Å². The van der Waals surface area contributed by atoms with Crippen LogP contribution in [0.4, 0.5) is 9.52 Å². The number of anilines is 1. The minimum Gasteiger partial charge on any atom is -0.503 e. The Bertz CT molecular complexity index is 1510. The van der Waals surface area contributed by atoms with Gasteiger partial charge >= 0.3 is 0 Å². The largest absolute Gasteiger partial charge is 0.503 e. The van der Waals surface area contributed by atoms with E-state index in [4.69, 9.17) is 4.74 Å². The van der Waals surface area contributed by atoms with E-state index >= 15 is 0 Å². The summed E-state index contributed by atoms with van der Waals surface area (Å²) in [6.45, 7) is 5.88. The van der Waals surface area contributed by atoms with Crippen molar-refractivity contribution in [1.82, 2.24) is 9.97 Å². The summed E-state index contributed by atoms with van der Waals surface area (Å²) >= 11 is 2.44. The highest BCUT2D eigenvalue weighted by Gasteiger charge is 2.46. The first-order valence-electron chi connectivity index (χ1n) is 10.8. The molecule has 0 radical (unpaired) electrons. The van der Waals surface area contributed by atoms with Crippen LogP contribution in [-0.2, 0) is 4.79 Å². The lowest BCUT2D eigenvalue weighted by Crippen LogP contribution is -2.31. The molecule has 4 aromatic rings. The van der Waals surface area contributed by atoms with Crippen LogP contribution in [0.2, 0.25) is 0 Å². The molecule has 1 aliphatic heterocycles. The predicted molar refractivity (Wildman–Crippen MR) is 133 cm³/mol. The van der Waals surface area contributed by atoms with Gasteiger partial charge in [-0.2, -0.15) is 0 Å². The maximum Gasteiger partial charge on any atom is 0.296 e. The van der Waals surface area contributed by atoms with Gasteiger partial charge in [0.15, 0.2) is 10.9 Å². The van der Waals surface area contributed by atoms with Gasteiger partial charge in [-0.05, 0) is 56.7 Å². The predicted octanol–water partition coefficient (Wildman–Crippen LogP) is 5.69. The van der Waals surface area contributed by atoms with Crippen LogP contribution >= 0.6 is 22.7 Å². The topological polar surface area (TPSA) is 92.6 Å². The van der Waals surface area contributed by atoms with E-state index in [2.05, 4.69) is 9.97 Å². The standard InChI is InChI=1S/C25H20FN3O4S2/c1-4-33-16-9-10-17-18(11-16)35-25(28-17)29-20(14-5-7-15(26)8-6-14)19(22(31)24(29)32)21(30)23-12(2)27-13(3)34-23/h5-11,20,31H,4H2,1-3H3. The van der Waals surface area contributed by atoms with Crippen LogP contribution in [0.15, 0.2) is 53.8 Å². The zero-order valence-electron chi connectivity index (χ0n) is 19.0. The molecule has 1 N–H and O–H groups in total. The molecule has 0 saturated carbocycles. The average Bonchev–Trinajstić information content (AvgIpc) is 3.47. The number of carbonyl (C=O) groups is 2. The molecule has 0 spiro atoms. The number of aliphatic hydroxyl groups excluding tert-OH is 1. The minimum atomic E-state index is -0.982. The van der Waals surface area contributed by atoms with Crippen LogP contribution < -0.4 is 9.64 Å². The molecule has 1 aliphatic rings. The number of thiazole rings is 2. The molecule has 178 valence electrons. The number of amides is 1. The molecule has 0 aliphatic carbocycles. The summed E-state index contributed by atoms with van der Waals surface area (Å²) < 4.78 is 20.1. The van der Waals surface area contributed by atoms with Gasteiger partial charge in [-0.15, -0.1) is 11.3 Å². The van der Waals surface area contributed by atoms with Gasteiger partial charge in [0.1, 0.15) is 11.6 Å². The highest BCUT2D eigenvalue weighted by molar-refractivity contribution is 7.22. The normalized spacial score (nSPS) is 15.9. The van der Waals surface area contributed by atoms with E-state index in [1.807, 2.05) is 13.0 Å². The third kappa shape index (κ3) is 3.98. The Labute approximate surface area is 208 Å². The molecular formula is C25H20FN3O4S2. The monoisotopic (exact) mass is 509 g/mol. The molecule has 1 atom stereocenters. The number of fused-ring (bicyclic) bond motifs is 1. The average molecular weight is 510 g/mol. The fourth-order valence-electron chi connectivity index (χ4n) is 4.11. The molecule has 1 unspecified atom stereocenters. The lowest BCUT2D eigenvalue weighted by Gasteiger charge is -2.24. The molecule has 2 aromatic heterocycles. The summed E-state index contributed by atoms with van der Waals surface area (Å²) in [5.41, 5.74) is 1.56. The second-order valence-corrected chi connectivity index (χ2v) is 10.1. The quantitative estimate of drug-likeness (QED) is 0.336. The third-order valence-electron chi connectivity index (χ3n) is 5.61. The maximum absolute atomic E-state index is 13.7. The summed E-state index contributed by atoms with van der Waals surface area (Å²) in [6, 6.07) is 9.93. The van der Waals surface area contributed by atoms with E-state index in [-0.39, 0.29) is 5.57 Å². The van der Waals surface area contributed by atoms with Crippen LogP contribution in [0.25, 0.3) is 10.2 Å². The highest BCUT2D eigenvalue weighted by Crippen LogP contribution is 2.45. The molecule has 0 fully saturated rings. The summed E-state index contributed by atoms with van der Waals surface area (Å²) in [5.74, 6) is -1.67. The number of aryl methyl sites for hydroxylation is 2. The molecule has 35 heavy (non-hydrogen) atoms. The van der Waals surface area contributed by atoms with Gasteiger partial charge in [0, 0.05) is 0 Å². The number of rotatable bonds is 6. The van der Waals surface area contributed by atoms with E-state index < -0.39 is 29.3 Å². The summed E-state index contributed by atoms with van der Waals surface area (Å²) in [5, 5.41) is 11.9. The van der Waals surface area contributed by atoms with Gasteiger partial charge in [-0.25, -0.2) is 14.4 Å². The number of aromatic nitrogens is 2. The molecule has 3 heterocycles. The van der Waals surface area contributed by atoms with Crippen LogP contribution in [-0.4, -0.2) is 33.4 Å². The van der Waals surface area contributed by atoms with Crippen molar-refractivity contribution >= 4 is 49.7 Å². The van der Waals surface area contributed by atoms with Crippen molar-refractivity contribution in [2.45, 2.75) is 26.8 Å². The number of Topliss-reactive ketones (excluding diaryl/α,β-unsaturated/α-hetero) is 1. The Kier molecular flexibility index (Phi) is 5.86. The Morgan fingerprint density at radius 2 is 1.89 bits per heavy atom. The van der Waals surface area contributed by atoms with Crippen LogP contribution in [0.3, 0.4) is 0 Å². The van der Waals surface area contributed by atoms with Crippen molar-refractivity contribution in [2.75, 3.05) is 11.5 Å². The van der Waals surface area contributed by atoms with Crippen LogP contribution in [0, 0.1) is 19.7 Å². The van der Waals surface area contributed by atoms with Crippen LogP contribution in [0.5, 0.6) is 5.75 Å². The number of aliphatic hydroxyl groups is 1. The number of carbonyl (C=O) groups excluding carboxylic acids is 2. The van der Waals surface area contributed by atoms with Gasteiger partial charge < -0.3 is 9.84 Å². The number of nitrogens with zero attached hydrogens (tertiary/aromatic N) is 3.